The molecule has 66 heavy (non-hydrogen) atoms. The van der Waals surface area contributed by atoms with Crippen molar-refractivity contribution in [2.24, 2.45) is 20.5 Å². The second kappa shape index (κ2) is 17.6. The minimum atomic E-state index is -5.26. The molecule has 2 heterocycles. The van der Waals surface area contributed by atoms with Gasteiger partial charge in [0.25, 0.3) is 43.9 Å². The van der Waals surface area contributed by atoms with Crippen LogP contribution in [0.4, 0.5) is 43.7 Å². The third kappa shape index (κ3) is 8.49. The molecule has 0 bridgehead atoms. The fourth-order valence-electron chi connectivity index (χ4n) is 7.00. The summed E-state index contributed by atoms with van der Waals surface area (Å²) in [4.78, 5) is 83.1. The second-order valence-electron chi connectivity index (χ2n) is 14.1. The number of amides is 8. The van der Waals surface area contributed by atoms with Crippen molar-refractivity contribution in [2.75, 3.05) is 19.6 Å². The van der Waals surface area contributed by atoms with Crippen molar-refractivity contribution in [3.8, 4) is 11.1 Å². The Balaban J connectivity index is 1.14. The van der Waals surface area contributed by atoms with Gasteiger partial charge in [0.05, 0.1) is 34.1 Å². The van der Waals surface area contributed by atoms with Crippen molar-refractivity contribution in [1.29, 1.82) is 0 Å². The lowest BCUT2D eigenvalue weighted by Gasteiger charge is -2.35. The Morgan fingerprint density at radius 2 is 0.636 bits per heavy atom. The SMILES string of the molecule is O=C1C(N=Nc2ccc(-c3ccc(N=NC4C(=O)N(c5ccccc5)C(=O)N(c5ccccc5)C4=O)cc3S(=O)(=O)O)c(S(=O)(=O)O)c2)C(=O)N(c2ccccc2)C(=O)N1c1ccccc1. The maximum Gasteiger partial charge on any atom is 0.342 e. The summed E-state index contributed by atoms with van der Waals surface area (Å²) in [6.45, 7) is 0. The molecule has 2 aliphatic rings. The minimum absolute atomic E-state index is 0.109. The number of urea groups is 2. The van der Waals surface area contributed by atoms with Crippen LogP contribution in [0.1, 0.15) is 0 Å². The molecule has 6 aromatic carbocycles. The van der Waals surface area contributed by atoms with E-state index in [9.17, 15) is 54.7 Å². The minimum Gasteiger partial charge on any atom is -0.282 e. The Kier molecular flexibility index (Phi) is 11.8. The highest BCUT2D eigenvalue weighted by Gasteiger charge is 2.49. The highest BCUT2D eigenvalue weighted by molar-refractivity contribution is 7.86. The van der Waals surface area contributed by atoms with Gasteiger partial charge in [0.15, 0.2) is 0 Å². The number of benzene rings is 6. The van der Waals surface area contributed by atoms with Crippen LogP contribution in [0.5, 0.6) is 0 Å². The summed E-state index contributed by atoms with van der Waals surface area (Å²) in [5.41, 5.74) is -1.29. The molecule has 2 aliphatic heterocycles. The Labute approximate surface area is 374 Å². The molecule has 0 radical (unpaired) electrons. The first-order valence-electron chi connectivity index (χ1n) is 19.2. The summed E-state index contributed by atoms with van der Waals surface area (Å²) in [5, 5.41) is 15.6. The Morgan fingerprint density at radius 3 is 0.879 bits per heavy atom. The van der Waals surface area contributed by atoms with Gasteiger partial charge in [0, 0.05) is 11.1 Å². The molecule has 0 spiro atoms. The predicted octanol–water partition coefficient (Wildman–Crippen LogP) is 7.15. The zero-order valence-corrected chi connectivity index (χ0v) is 35.2. The van der Waals surface area contributed by atoms with Gasteiger partial charge in [0.2, 0.25) is 12.1 Å². The Morgan fingerprint density at radius 1 is 0.379 bits per heavy atom. The highest BCUT2D eigenvalue weighted by atomic mass is 32.2. The molecule has 330 valence electrons. The largest absolute Gasteiger partial charge is 0.342 e. The molecule has 0 saturated carbocycles. The van der Waals surface area contributed by atoms with Gasteiger partial charge < -0.3 is 0 Å². The van der Waals surface area contributed by atoms with Crippen LogP contribution in [0.2, 0.25) is 0 Å². The zero-order valence-electron chi connectivity index (χ0n) is 33.5. The summed E-state index contributed by atoms with van der Waals surface area (Å²) >= 11 is 0. The van der Waals surface area contributed by atoms with E-state index in [0.29, 0.717) is 0 Å². The third-order valence-corrected chi connectivity index (χ3v) is 11.8. The average Bonchev–Trinajstić information content (AvgIpc) is 3.30. The molecule has 0 aliphatic carbocycles. The average molecular weight is 927 g/mol. The van der Waals surface area contributed by atoms with Crippen molar-refractivity contribution < 1.29 is 54.7 Å². The van der Waals surface area contributed by atoms with Crippen molar-refractivity contribution in [3.63, 3.8) is 0 Å². The molecule has 6 aromatic rings. The van der Waals surface area contributed by atoms with E-state index in [-0.39, 0.29) is 34.1 Å². The van der Waals surface area contributed by atoms with E-state index in [1.54, 1.807) is 72.8 Å². The van der Waals surface area contributed by atoms with Crippen molar-refractivity contribution in [1.82, 2.24) is 0 Å². The van der Waals surface area contributed by atoms with Gasteiger partial charge in [-0.2, -0.15) is 37.3 Å². The fourth-order valence-corrected chi connectivity index (χ4v) is 8.45. The number of carbonyl (C=O) groups excluding carboxylic acids is 6. The number of hydrogen-bond acceptors (Lipinski definition) is 14. The van der Waals surface area contributed by atoms with Crippen molar-refractivity contribution in [2.45, 2.75) is 21.9 Å². The molecular weight excluding hydrogens is 897 g/mol. The lowest BCUT2D eigenvalue weighted by Crippen LogP contribution is -2.62. The van der Waals surface area contributed by atoms with Crippen molar-refractivity contribution in [3.05, 3.63) is 158 Å². The Bertz CT molecular complexity index is 2910. The maximum atomic E-state index is 13.7. The summed E-state index contributed by atoms with van der Waals surface area (Å²) < 4.78 is 72.1. The van der Waals surface area contributed by atoms with E-state index in [0.717, 1.165) is 56.0 Å². The molecule has 8 rings (SSSR count). The standard InChI is InChI=1S/C44H30N8O12S2/c53-39-37(40(54)50(30-15-7-2-8-16-30)43(57)49(39)29-13-5-1-6-14-29)47-45-27-21-23-33(35(25-27)65(59,60)61)34-24-22-28(26-36(34)66(62,63)64)46-48-38-41(55)51(31-17-9-3-10-18-31)44(58)52(42(38)56)32-19-11-4-12-20-32/h1-26,37-38H,(H,59,60,61)(H,62,63,64). The molecule has 20 nitrogen and oxygen atoms in total. The smallest absolute Gasteiger partial charge is 0.282 e. The summed E-state index contributed by atoms with van der Waals surface area (Å²) in [6.07, 6.45) is 0. The first-order chi connectivity index (χ1) is 31.5. The van der Waals surface area contributed by atoms with Crippen LogP contribution in [0.15, 0.2) is 188 Å². The number of nitrogens with zero attached hydrogens (tertiary/aromatic N) is 8. The summed E-state index contributed by atoms with van der Waals surface area (Å²) in [7, 11) is -10.5. The van der Waals surface area contributed by atoms with E-state index in [1.165, 1.54) is 48.5 Å². The van der Waals surface area contributed by atoms with Crippen molar-refractivity contribution >= 4 is 90.1 Å². The normalized spacial score (nSPS) is 15.8. The monoisotopic (exact) mass is 926 g/mol. The molecule has 22 heteroatoms. The van der Waals surface area contributed by atoms with E-state index in [2.05, 4.69) is 20.5 Å². The number of carbonyl (C=O) groups is 6. The topological polar surface area (TPSA) is 274 Å². The molecule has 0 atom stereocenters. The van der Waals surface area contributed by atoms with E-state index >= 15 is 0 Å². The van der Waals surface area contributed by atoms with E-state index in [1.807, 2.05) is 0 Å². The van der Waals surface area contributed by atoms with Crippen LogP contribution in [0.3, 0.4) is 0 Å². The van der Waals surface area contributed by atoms with Crippen LogP contribution >= 0.6 is 0 Å². The summed E-state index contributed by atoms with van der Waals surface area (Å²) in [6, 6.07) is 30.5. The molecule has 0 unspecified atom stereocenters. The van der Waals surface area contributed by atoms with Crippen LogP contribution in [-0.4, -0.2) is 73.7 Å². The fraction of sp³-hybridized carbons (Fsp3) is 0.0455. The highest BCUT2D eigenvalue weighted by Crippen LogP contribution is 2.38. The van der Waals surface area contributed by atoms with Crippen LogP contribution in [0, 0.1) is 0 Å². The van der Waals surface area contributed by atoms with Gasteiger partial charge in [-0.25, -0.2) is 29.2 Å². The molecule has 2 N–H and O–H groups in total. The number of imide groups is 4. The first-order valence-corrected chi connectivity index (χ1v) is 22.1. The van der Waals surface area contributed by atoms with Gasteiger partial charge in [0.1, 0.15) is 9.79 Å². The van der Waals surface area contributed by atoms with Crippen LogP contribution in [0.25, 0.3) is 11.1 Å². The molecule has 8 amide bonds. The number of rotatable bonds is 11. The lowest BCUT2D eigenvalue weighted by molar-refractivity contribution is -0.130. The molecule has 2 fully saturated rings. The number of azo groups is 2. The van der Waals surface area contributed by atoms with Crippen LogP contribution in [-0.2, 0) is 39.4 Å². The number of para-hydroxylation sites is 4. The van der Waals surface area contributed by atoms with Gasteiger partial charge in [-0.3, -0.25) is 28.3 Å². The predicted molar refractivity (Wildman–Crippen MR) is 235 cm³/mol. The lowest BCUT2D eigenvalue weighted by atomic mass is 10.0. The molecule has 0 aromatic heterocycles. The molecular formula is C44H30N8O12S2. The van der Waals surface area contributed by atoms with E-state index < -0.39 is 88.9 Å². The van der Waals surface area contributed by atoms with Gasteiger partial charge in [-0.15, -0.1) is 0 Å². The zero-order chi connectivity index (χ0) is 46.9. The number of hydrogen-bond donors (Lipinski definition) is 2. The Hall–Kier alpha value is -8.44. The first kappa shape index (κ1) is 44.2. The van der Waals surface area contributed by atoms with Gasteiger partial charge in [-0.05, 0) is 72.8 Å². The van der Waals surface area contributed by atoms with Gasteiger partial charge >= 0.3 is 12.1 Å². The molecule has 2 saturated heterocycles. The quantitative estimate of drug-likeness (QED) is 0.0745. The summed E-state index contributed by atoms with van der Waals surface area (Å²) in [5.74, 6) is -4.33. The maximum absolute atomic E-state index is 13.7. The third-order valence-electron chi connectivity index (χ3n) is 9.99. The van der Waals surface area contributed by atoms with E-state index in [4.69, 9.17) is 0 Å². The number of barbiturate groups is 2. The number of anilines is 4. The van der Waals surface area contributed by atoms with Gasteiger partial charge in [-0.1, -0.05) is 84.9 Å². The van der Waals surface area contributed by atoms with Crippen LogP contribution < -0.4 is 19.6 Å². The second-order valence-corrected chi connectivity index (χ2v) is 16.9.